The van der Waals surface area contributed by atoms with Crippen molar-refractivity contribution in [3.05, 3.63) is 65.5 Å². The second-order valence-corrected chi connectivity index (χ2v) is 5.38. The first-order chi connectivity index (χ1) is 9.40. The van der Waals surface area contributed by atoms with Gasteiger partial charge in [0.15, 0.2) is 17.9 Å². The van der Waals surface area contributed by atoms with Crippen LogP contribution >= 0.6 is 0 Å². The van der Waals surface area contributed by atoms with Gasteiger partial charge in [-0.1, -0.05) is 30.3 Å². The van der Waals surface area contributed by atoms with Crippen LogP contribution in [0.4, 0.5) is 0 Å². The summed E-state index contributed by atoms with van der Waals surface area (Å²) >= 11 is 0. The lowest BCUT2D eigenvalue weighted by molar-refractivity contribution is -0.732. The number of hydrogen-bond acceptors (Lipinski definition) is 1. The molecule has 0 saturated heterocycles. The number of benzene rings is 1. The van der Waals surface area contributed by atoms with Gasteiger partial charge in [0.05, 0.1) is 12.0 Å². The maximum absolute atomic E-state index is 6.02. The highest BCUT2D eigenvalue weighted by atomic mass is 79.9. The zero-order chi connectivity index (χ0) is 12.8. The van der Waals surface area contributed by atoms with E-state index in [9.17, 15) is 0 Å². The van der Waals surface area contributed by atoms with Crippen LogP contribution in [0.1, 0.15) is 42.1 Å². The van der Waals surface area contributed by atoms with Gasteiger partial charge in [-0.05, 0) is 12.5 Å². The molecule has 1 aromatic heterocycles. The summed E-state index contributed by atoms with van der Waals surface area (Å²) in [5.41, 5.74) is 4.34. The van der Waals surface area contributed by atoms with E-state index < -0.39 is 0 Å². The number of halogens is 1. The standard InChI is InChI=1S/C17H18NO.BrH/c1-2-19-16-11-15-12-7-3-4-8-13(12)17(16)14-9-5-6-10-18(14)15;/h3-10,15-17H,2,11H2,1H3;1H/q+1;/p-1. The van der Waals surface area contributed by atoms with Crippen molar-refractivity contribution in [1.29, 1.82) is 0 Å². The van der Waals surface area contributed by atoms with Crippen molar-refractivity contribution in [2.24, 2.45) is 0 Å². The van der Waals surface area contributed by atoms with Gasteiger partial charge in [-0.25, -0.2) is 0 Å². The van der Waals surface area contributed by atoms with E-state index in [4.69, 9.17) is 4.74 Å². The normalized spacial score (nSPS) is 25.6. The number of pyridine rings is 1. The molecule has 0 radical (unpaired) electrons. The number of hydrogen-bond donors (Lipinski definition) is 0. The van der Waals surface area contributed by atoms with Crippen LogP contribution in [-0.4, -0.2) is 12.7 Å². The number of ether oxygens (including phenoxy) is 1. The molecule has 5 rings (SSSR count). The van der Waals surface area contributed by atoms with Crippen LogP contribution in [0.3, 0.4) is 0 Å². The van der Waals surface area contributed by atoms with Crippen LogP contribution in [0.25, 0.3) is 0 Å². The molecule has 1 aromatic carbocycles. The molecule has 3 aliphatic rings. The van der Waals surface area contributed by atoms with Gasteiger partial charge in [-0.15, -0.1) is 0 Å². The quantitative estimate of drug-likeness (QED) is 0.696. The molecular weight excluding hydrogens is 314 g/mol. The Morgan fingerprint density at radius 3 is 2.65 bits per heavy atom. The fraction of sp³-hybridized carbons (Fsp3) is 0.353. The Labute approximate surface area is 130 Å². The van der Waals surface area contributed by atoms with Crippen LogP contribution < -0.4 is 21.5 Å². The summed E-state index contributed by atoms with van der Waals surface area (Å²) in [5.74, 6) is 0.391. The van der Waals surface area contributed by atoms with Crippen molar-refractivity contribution in [3.63, 3.8) is 0 Å². The van der Waals surface area contributed by atoms with Crippen LogP contribution in [0, 0.1) is 0 Å². The van der Waals surface area contributed by atoms with Crippen LogP contribution in [0.2, 0.25) is 0 Å². The Kier molecular flexibility index (Phi) is 3.65. The third-order valence-electron chi connectivity index (χ3n) is 4.48. The van der Waals surface area contributed by atoms with Gasteiger partial charge in [0, 0.05) is 30.7 Å². The molecule has 2 aliphatic heterocycles. The van der Waals surface area contributed by atoms with Crippen molar-refractivity contribution >= 4 is 0 Å². The van der Waals surface area contributed by atoms with E-state index in [1.807, 2.05) is 0 Å². The van der Waals surface area contributed by atoms with Gasteiger partial charge in [0.25, 0.3) is 0 Å². The van der Waals surface area contributed by atoms with Crippen LogP contribution in [0.5, 0.6) is 0 Å². The van der Waals surface area contributed by atoms with Crippen LogP contribution in [-0.2, 0) is 4.74 Å². The van der Waals surface area contributed by atoms with Crippen molar-refractivity contribution in [3.8, 4) is 0 Å². The molecule has 0 saturated carbocycles. The Morgan fingerprint density at radius 1 is 1.10 bits per heavy atom. The number of aromatic nitrogens is 1. The summed E-state index contributed by atoms with van der Waals surface area (Å²) in [6.07, 6.45) is 3.63. The molecule has 0 spiro atoms. The topological polar surface area (TPSA) is 13.1 Å². The molecule has 3 heteroatoms. The third kappa shape index (κ3) is 1.84. The molecular formula is C17H18BrNO. The maximum atomic E-state index is 6.02. The van der Waals surface area contributed by atoms with E-state index in [1.165, 1.54) is 16.8 Å². The van der Waals surface area contributed by atoms with Gasteiger partial charge in [-0.2, -0.15) is 4.57 Å². The fourth-order valence-corrected chi connectivity index (χ4v) is 3.79. The molecule has 104 valence electrons. The molecule has 20 heavy (non-hydrogen) atoms. The zero-order valence-corrected chi connectivity index (χ0v) is 13.1. The van der Waals surface area contributed by atoms with Crippen LogP contribution in [0.15, 0.2) is 48.7 Å². The smallest absolute Gasteiger partial charge is 0.192 e. The number of rotatable bonds is 2. The van der Waals surface area contributed by atoms with Gasteiger partial charge in [0.2, 0.25) is 0 Å². The molecule has 3 unspecified atom stereocenters. The fourth-order valence-electron chi connectivity index (χ4n) is 3.79. The summed E-state index contributed by atoms with van der Waals surface area (Å²) in [6, 6.07) is 15.8. The molecule has 3 atom stereocenters. The van der Waals surface area contributed by atoms with E-state index in [-0.39, 0.29) is 17.0 Å². The molecule has 0 fully saturated rings. The Bertz CT molecular complexity index is 580. The zero-order valence-electron chi connectivity index (χ0n) is 11.5. The average Bonchev–Trinajstić information content (AvgIpc) is 2.48. The SMILES string of the molecule is CCOC1CC2c3ccccc3C1c1cccc[n+]12.[Br-]. The number of nitrogens with zero attached hydrogens (tertiary/aromatic N) is 1. The lowest BCUT2D eigenvalue weighted by Gasteiger charge is -2.39. The van der Waals surface area contributed by atoms with E-state index in [1.54, 1.807) is 0 Å². The summed E-state index contributed by atoms with van der Waals surface area (Å²) in [4.78, 5) is 0. The minimum atomic E-state index is 0. The second-order valence-electron chi connectivity index (χ2n) is 5.38. The van der Waals surface area contributed by atoms with E-state index in [2.05, 4.69) is 60.2 Å². The number of fused-ring (bicyclic) bond motifs is 1. The van der Waals surface area contributed by atoms with E-state index in [0.717, 1.165) is 13.0 Å². The van der Waals surface area contributed by atoms with Gasteiger partial charge >= 0.3 is 0 Å². The minimum absolute atomic E-state index is 0. The summed E-state index contributed by atoms with van der Waals surface area (Å²) in [6.45, 7) is 2.89. The minimum Gasteiger partial charge on any atom is -1.00 e. The first-order valence-corrected chi connectivity index (χ1v) is 7.10. The predicted molar refractivity (Wildman–Crippen MR) is 73.1 cm³/mol. The first-order valence-electron chi connectivity index (χ1n) is 7.10. The van der Waals surface area contributed by atoms with Crippen molar-refractivity contribution in [2.45, 2.75) is 31.4 Å². The summed E-state index contributed by atoms with van der Waals surface area (Å²) in [7, 11) is 0. The molecule has 1 aliphatic carbocycles. The highest BCUT2D eigenvalue weighted by Gasteiger charge is 2.49. The lowest BCUT2D eigenvalue weighted by atomic mass is 9.72. The monoisotopic (exact) mass is 331 g/mol. The molecule has 0 N–H and O–H groups in total. The van der Waals surface area contributed by atoms with Gasteiger partial charge in [-0.3, -0.25) is 0 Å². The molecule has 2 bridgehead atoms. The maximum Gasteiger partial charge on any atom is 0.192 e. The Balaban J connectivity index is 0.00000121. The largest absolute Gasteiger partial charge is 1.00 e. The highest BCUT2D eigenvalue weighted by Crippen LogP contribution is 2.45. The predicted octanol–water partition coefficient (Wildman–Crippen LogP) is -0.178. The third-order valence-corrected chi connectivity index (χ3v) is 4.48. The second kappa shape index (κ2) is 5.30. The summed E-state index contributed by atoms with van der Waals surface area (Å²) < 4.78 is 8.45. The van der Waals surface area contributed by atoms with Crippen molar-refractivity contribution < 1.29 is 26.3 Å². The van der Waals surface area contributed by atoms with E-state index in [0.29, 0.717) is 18.1 Å². The Morgan fingerprint density at radius 2 is 1.85 bits per heavy atom. The molecule has 2 nitrogen and oxygen atoms in total. The lowest BCUT2D eigenvalue weighted by Crippen LogP contribution is -3.00. The highest BCUT2D eigenvalue weighted by molar-refractivity contribution is 5.42. The average molecular weight is 332 g/mol. The molecule has 2 aromatic rings. The van der Waals surface area contributed by atoms with Crippen molar-refractivity contribution in [1.82, 2.24) is 0 Å². The molecule has 3 heterocycles. The first kappa shape index (κ1) is 13.8. The van der Waals surface area contributed by atoms with Gasteiger partial charge in [0.1, 0.15) is 0 Å². The Hall–Kier alpha value is -1.19. The van der Waals surface area contributed by atoms with Gasteiger partial charge < -0.3 is 21.7 Å². The van der Waals surface area contributed by atoms with E-state index >= 15 is 0 Å². The van der Waals surface area contributed by atoms with Crippen molar-refractivity contribution in [2.75, 3.05) is 6.61 Å². The molecule has 0 amide bonds. The summed E-state index contributed by atoms with van der Waals surface area (Å²) in [5, 5.41) is 0.